The Morgan fingerprint density at radius 2 is 2.00 bits per heavy atom. The number of sulfone groups is 1. The van der Waals surface area contributed by atoms with Crippen molar-refractivity contribution in [3.63, 3.8) is 0 Å². The third-order valence-electron chi connectivity index (χ3n) is 1.58. The van der Waals surface area contributed by atoms with Crippen molar-refractivity contribution in [2.75, 3.05) is 6.26 Å². The molecule has 1 rings (SSSR count). The molecule has 1 atom stereocenters. The minimum Gasteiger partial charge on any atom is -0.297 e. The molecule has 5 heteroatoms. The Hall–Kier alpha value is 0.1000. The molecule has 0 aromatic carbocycles. The van der Waals surface area contributed by atoms with Gasteiger partial charge in [0.1, 0.15) is 0 Å². The highest BCUT2D eigenvalue weighted by Gasteiger charge is 2.37. The number of ketones is 1. The number of hydrogen-bond donors (Lipinski definition) is 0. The standard InChI is InChI=1S/C6H9BrO3S/c1-11(9,10)6(7)5(8)4-2-3-4/h4,6H,2-3H2,1H3/t6-/m0/s1. The summed E-state index contributed by atoms with van der Waals surface area (Å²) in [4.78, 5) is 11.1. The lowest BCUT2D eigenvalue weighted by Crippen LogP contribution is -2.24. The van der Waals surface area contributed by atoms with Crippen LogP contribution in [0.1, 0.15) is 12.8 Å². The Balaban J connectivity index is 2.67. The first-order valence-corrected chi connectivity index (χ1v) is 6.16. The first kappa shape index (κ1) is 9.19. The summed E-state index contributed by atoms with van der Waals surface area (Å²) in [6.07, 6.45) is 2.75. The largest absolute Gasteiger partial charge is 0.297 e. The van der Waals surface area contributed by atoms with Gasteiger partial charge in [0, 0.05) is 12.2 Å². The molecule has 0 spiro atoms. The monoisotopic (exact) mass is 240 g/mol. The molecule has 0 aromatic heterocycles. The average Bonchev–Trinajstić information content (AvgIpc) is 2.63. The van der Waals surface area contributed by atoms with Crippen molar-refractivity contribution >= 4 is 31.6 Å². The van der Waals surface area contributed by atoms with Crippen molar-refractivity contribution in [1.29, 1.82) is 0 Å². The number of carbonyl (C=O) groups is 1. The van der Waals surface area contributed by atoms with Crippen LogP contribution >= 0.6 is 15.9 Å². The topological polar surface area (TPSA) is 51.2 Å². The number of alkyl halides is 1. The molecule has 0 aromatic rings. The van der Waals surface area contributed by atoms with Crippen LogP contribution in [0, 0.1) is 5.92 Å². The SMILES string of the molecule is CS(=O)(=O)[C@H](Br)C(=O)C1CC1. The van der Waals surface area contributed by atoms with E-state index in [0.717, 1.165) is 19.1 Å². The van der Waals surface area contributed by atoms with Crippen LogP contribution in [0.15, 0.2) is 0 Å². The molecule has 1 aliphatic rings. The average molecular weight is 241 g/mol. The highest BCUT2D eigenvalue weighted by molar-refractivity contribution is 9.11. The van der Waals surface area contributed by atoms with Gasteiger partial charge >= 0.3 is 0 Å². The molecule has 3 nitrogen and oxygen atoms in total. The summed E-state index contributed by atoms with van der Waals surface area (Å²) in [6, 6.07) is 0. The molecule has 0 heterocycles. The molecule has 0 N–H and O–H groups in total. The van der Waals surface area contributed by atoms with E-state index in [-0.39, 0.29) is 11.7 Å². The summed E-state index contributed by atoms with van der Waals surface area (Å²) < 4.78 is 20.7. The van der Waals surface area contributed by atoms with Gasteiger partial charge in [-0.1, -0.05) is 15.9 Å². The van der Waals surface area contributed by atoms with E-state index in [0.29, 0.717) is 0 Å². The van der Waals surface area contributed by atoms with Crippen LogP contribution in [-0.4, -0.2) is 24.6 Å². The van der Waals surface area contributed by atoms with Crippen LogP contribution in [0.2, 0.25) is 0 Å². The minimum atomic E-state index is -3.24. The molecule has 0 bridgehead atoms. The summed E-state index contributed by atoms with van der Waals surface area (Å²) in [5, 5.41) is 0. The molecular weight excluding hydrogens is 232 g/mol. The molecule has 0 unspecified atom stereocenters. The lowest BCUT2D eigenvalue weighted by molar-refractivity contribution is -0.118. The molecule has 11 heavy (non-hydrogen) atoms. The maximum absolute atomic E-state index is 11.1. The zero-order valence-electron chi connectivity index (χ0n) is 6.08. The number of Topliss-reactive ketones (excluding diaryl/α,β-unsaturated/α-hetero) is 1. The van der Waals surface area contributed by atoms with Gasteiger partial charge in [0.25, 0.3) is 0 Å². The van der Waals surface area contributed by atoms with E-state index in [1.165, 1.54) is 0 Å². The molecule has 1 saturated carbocycles. The lowest BCUT2D eigenvalue weighted by atomic mass is 10.3. The number of rotatable bonds is 3. The summed E-state index contributed by atoms with van der Waals surface area (Å²) >= 11 is 2.87. The van der Waals surface area contributed by atoms with Crippen molar-refractivity contribution in [1.82, 2.24) is 0 Å². The second-order valence-corrected chi connectivity index (χ2v) is 6.47. The third-order valence-corrected chi connectivity index (χ3v) is 5.05. The van der Waals surface area contributed by atoms with Crippen molar-refractivity contribution in [3.05, 3.63) is 0 Å². The van der Waals surface area contributed by atoms with Gasteiger partial charge in [0.15, 0.2) is 19.8 Å². The van der Waals surface area contributed by atoms with Crippen molar-refractivity contribution < 1.29 is 13.2 Å². The second kappa shape index (κ2) is 2.86. The predicted octanol–water partition coefficient (Wildman–Crippen LogP) is 0.731. The van der Waals surface area contributed by atoms with Crippen molar-refractivity contribution in [2.24, 2.45) is 5.92 Å². The fourth-order valence-corrected chi connectivity index (χ4v) is 1.75. The van der Waals surface area contributed by atoms with E-state index in [1.54, 1.807) is 0 Å². The van der Waals surface area contributed by atoms with E-state index >= 15 is 0 Å². The van der Waals surface area contributed by atoms with Gasteiger partial charge in [-0.3, -0.25) is 4.79 Å². The molecule has 64 valence electrons. The second-order valence-electron chi connectivity index (χ2n) is 2.82. The van der Waals surface area contributed by atoms with Gasteiger partial charge in [0.2, 0.25) is 0 Å². The summed E-state index contributed by atoms with van der Waals surface area (Å²) in [5.41, 5.74) is 0. The lowest BCUT2D eigenvalue weighted by Gasteiger charge is -2.03. The van der Waals surface area contributed by atoms with Gasteiger partial charge in [-0.2, -0.15) is 0 Å². The van der Waals surface area contributed by atoms with E-state index in [4.69, 9.17) is 0 Å². The van der Waals surface area contributed by atoms with E-state index < -0.39 is 14.0 Å². The normalized spacial score (nSPS) is 21.3. The van der Waals surface area contributed by atoms with E-state index in [1.807, 2.05) is 0 Å². The molecule has 0 radical (unpaired) electrons. The van der Waals surface area contributed by atoms with Gasteiger partial charge in [-0.25, -0.2) is 8.42 Å². The smallest absolute Gasteiger partial charge is 0.174 e. The maximum Gasteiger partial charge on any atom is 0.174 e. The predicted molar refractivity (Wildman–Crippen MR) is 45.3 cm³/mol. The van der Waals surface area contributed by atoms with Crippen molar-refractivity contribution in [2.45, 2.75) is 17.0 Å². The quantitative estimate of drug-likeness (QED) is 0.684. The Kier molecular flexibility index (Phi) is 2.39. The third kappa shape index (κ3) is 2.27. The van der Waals surface area contributed by atoms with Crippen LogP contribution < -0.4 is 0 Å². The Morgan fingerprint density at radius 1 is 1.55 bits per heavy atom. The van der Waals surface area contributed by atoms with Crippen LogP contribution in [0.3, 0.4) is 0 Å². The van der Waals surface area contributed by atoms with Gasteiger partial charge < -0.3 is 0 Å². The van der Waals surface area contributed by atoms with Gasteiger partial charge in [-0.05, 0) is 12.8 Å². The molecule has 0 saturated heterocycles. The number of halogens is 1. The first-order chi connectivity index (χ1) is 4.93. The summed E-state index contributed by atoms with van der Waals surface area (Å²) in [5.74, 6) is -0.193. The van der Waals surface area contributed by atoms with Crippen LogP contribution in [0.5, 0.6) is 0 Å². The maximum atomic E-state index is 11.1. The van der Waals surface area contributed by atoms with Gasteiger partial charge in [0.05, 0.1) is 0 Å². The van der Waals surface area contributed by atoms with Crippen LogP contribution in [0.4, 0.5) is 0 Å². The fourth-order valence-electron chi connectivity index (χ4n) is 0.764. The first-order valence-electron chi connectivity index (χ1n) is 3.29. The number of hydrogen-bond acceptors (Lipinski definition) is 3. The molecule has 0 aliphatic heterocycles. The van der Waals surface area contributed by atoms with Crippen molar-refractivity contribution in [3.8, 4) is 0 Å². The zero-order chi connectivity index (χ0) is 8.65. The van der Waals surface area contributed by atoms with Gasteiger partial charge in [-0.15, -0.1) is 0 Å². The molecule has 0 amide bonds. The van der Waals surface area contributed by atoms with E-state index in [9.17, 15) is 13.2 Å². The Bertz CT molecular complexity index is 266. The van der Waals surface area contributed by atoms with Crippen LogP contribution in [0.25, 0.3) is 0 Å². The fraction of sp³-hybridized carbons (Fsp3) is 0.833. The Morgan fingerprint density at radius 3 is 2.27 bits per heavy atom. The Labute approximate surface area is 74.2 Å². The number of carbonyl (C=O) groups excluding carboxylic acids is 1. The molecule has 1 aliphatic carbocycles. The zero-order valence-corrected chi connectivity index (χ0v) is 8.48. The molecular formula is C6H9BrO3S. The highest BCUT2D eigenvalue weighted by Crippen LogP contribution is 2.33. The highest BCUT2D eigenvalue weighted by atomic mass is 79.9. The van der Waals surface area contributed by atoms with Crippen LogP contribution in [-0.2, 0) is 14.6 Å². The minimum absolute atomic E-state index is 0.00546. The summed E-state index contributed by atoms with van der Waals surface area (Å²) in [6.45, 7) is 0. The summed E-state index contributed by atoms with van der Waals surface area (Å²) in [7, 11) is -3.24. The molecule has 1 fully saturated rings. The van der Waals surface area contributed by atoms with E-state index in [2.05, 4.69) is 15.9 Å².